The number of anilines is 1. The van der Waals surface area contributed by atoms with Crippen LogP contribution >= 0.6 is 0 Å². The number of nitrogen functional groups attached to an aromatic ring is 1. The summed E-state index contributed by atoms with van der Waals surface area (Å²) in [7, 11) is -2.40. The predicted molar refractivity (Wildman–Crippen MR) is 69.5 cm³/mol. The fourth-order valence-corrected chi connectivity index (χ4v) is 2.74. The molecule has 19 heavy (non-hydrogen) atoms. The van der Waals surface area contributed by atoms with Crippen LogP contribution in [0.4, 0.5) is 5.69 Å². The Balaban J connectivity index is 3.00. The molecule has 0 bridgehead atoms. The lowest BCUT2D eigenvalue weighted by Gasteiger charge is -2.10. The molecule has 0 unspecified atom stereocenters. The van der Waals surface area contributed by atoms with E-state index in [1.807, 2.05) is 0 Å². The lowest BCUT2D eigenvalue weighted by Crippen LogP contribution is -2.27. The third-order valence-corrected chi connectivity index (χ3v) is 3.84. The molecule has 0 spiro atoms. The molecule has 7 nitrogen and oxygen atoms in total. The maximum Gasteiger partial charge on any atom is 0.337 e. The molecule has 1 aromatic carbocycles. The highest BCUT2D eigenvalue weighted by Gasteiger charge is 2.22. The molecule has 0 saturated carbocycles. The van der Waals surface area contributed by atoms with Gasteiger partial charge >= 0.3 is 5.97 Å². The van der Waals surface area contributed by atoms with E-state index in [2.05, 4.69) is 4.72 Å². The number of hydrogen-bond donors (Lipinski definition) is 3. The quantitative estimate of drug-likeness (QED) is 0.490. The summed E-state index contributed by atoms with van der Waals surface area (Å²) in [6.45, 7) is 0.565. The molecule has 0 atom stereocenters. The Morgan fingerprint density at radius 1 is 1.47 bits per heavy atom. The maximum atomic E-state index is 12.0. The molecule has 106 valence electrons. The minimum atomic E-state index is -3.91. The summed E-state index contributed by atoms with van der Waals surface area (Å²) in [4.78, 5) is 10.7. The van der Waals surface area contributed by atoms with Crippen molar-refractivity contribution in [2.24, 2.45) is 0 Å². The highest BCUT2D eigenvalue weighted by atomic mass is 32.2. The van der Waals surface area contributed by atoms with Gasteiger partial charge in [0.05, 0.1) is 10.5 Å². The van der Waals surface area contributed by atoms with Gasteiger partial charge in [0, 0.05) is 25.9 Å². The predicted octanol–water partition coefficient (Wildman–Crippen LogP) is 0.282. The van der Waals surface area contributed by atoms with Crippen molar-refractivity contribution in [3.05, 3.63) is 23.8 Å². The summed E-state index contributed by atoms with van der Waals surface area (Å²) >= 11 is 0. The Hall–Kier alpha value is -1.64. The maximum absolute atomic E-state index is 12.0. The molecule has 0 aliphatic rings. The molecule has 0 amide bonds. The Morgan fingerprint density at radius 3 is 2.74 bits per heavy atom. The molecule has 0 saturated heterocycles. The molecule has 0 aromatic heterocycles. The number of nitrogens with two attached hydrogens (primary N) is 1. The summed E-state index contributed by atoms with van der Waals surface area (Å²) in [5.74, 6) is -1.32. The van der Waals surface area contributed by atoms with Crippen molar-refractivity contribution in [1.82, 2.24) is 4.72 Å². The van der Waals surface area contributed by atoms with Crippen molar-refractivity contribution in [1.29, 1.82) is 0 Å². The smallest absolute Gasteiger partial charge is 0.337 e. The fourth-order valence-electron chi connectivity index (χ4n) is 1.44. The van der Waals surface area contributed by atoms with E-state index in [1.165, 1.54) is 19.2 Å². The van der Waals surface area contributed by atoms with Crippen molar-refractivity contribution in [2.45, 2.75) is 11.3 Å². The third kappa shape index (κ3) is 4.19. The van der Waals surface area contributed by atoms with Gasteiger partial charge in [-0.05, 0) is 24.6 Å². The van der Waals surface area contributed by atoms with Crippen molar-refractivity contribution in [2.75, 3.05) is 26.0 Å². The van der Waals surface area contributed by atoms with Crippen LogP contribution in [0.5, 0.6) is 0 Å². The number of nitrogens with one attached hydrogen (secondary N) is 1. The third-order valence-electron chi connectivity index (χ3n) is 2.34. The van der Waals surface area contributed by atoms with Gasteiger partial charge in [-0.2, -0.15) is 0 Å². The van der Waals surface area contributed by atoms with Gasteiger partial charge in [-0.3, -0.25) is 0 Å². The van der Waals surface area contributed by atoms with E-state index in [9.17, 15) is 13.2 Å². The normalized spacial score (nSPS) is 11.4. The Kier molecular flexibility index (Phi) is 5.28. The number of rotatable bonds is 7. The second kappa shape index (κ2) is 6.50. The van der Waals surface area contributed by atoms with Crippen LogP contribution in [0.3, 0.4) is 0 Å². The number of benzene rings is 1. The second-order valence-electron chi connectivity index (χ2n) is 3.80. The average Bonchev–Trinajstić information content (AvgIpc) is 2.34. The number of hydrogen-bond acceptors (Lipinski definition) is 5. The zero-order chi connectivity index (χ0) is 14.5. The first-order valence-corrected chi connectivity index (χ1v) is 6.98. The summed E-state index contributed by atoms with van der Waals surface area (Å²) in [5.41, 5.74) is 5.37. The topological polar surface area (TPSA) is 119 Å². The van der Waals surface area contributed by atoms with Crippen LogP contribution in [0.25, 0.3) is 0 Å². The first kappa shape index (κ1) is 15.4. The molecule has 1 aromatic rings. The summed E-state index contributed by atoms with van der Waals surface area (Å²) in [6, 6.07) is 3.64. The first-order chi connectivity index (χ1) is 8.88. The standard InChI is InChI=1S/C11H16N2O5S/c1-18-6-2-5-13-19(16,17)10-7-8(12)3-4-9(10)11(14)15/h3-4,7,13H,2,5-6,12H2,1H3,(H,14,15). The molecule has 0 heterocycles. The molecular formula is C11H16N2O5S. The van der Waals surface area contributed by atoms with Gasteiger partial charge in [0.1, 0.15) is 0 Å². The fraction of sp³-hybridized carbons (Fsp3) is 0.364. The van der Waals surface area contributed by atoms with Crippen LogP contribution in [0.2, 0.25) is 0 Å². The van der Waals surface area contributed by atoms with Gasteiger partial charge < -0.3 is 15.6 Å². The van der Waals surface area contributed by atoms with E-state index in [4.69, 9.17) is 15.6 Å². The molecule has 8 heteroatoms. The lowest BCUT2D eigenvalue weighted by atomic mass is 10.2. The molecular weight excluding hydrogens is 272 g/mol. The molecule has 0 aliphatic heterocycles. The summed E-state index contributed by atoms with van der Waals surface area (Å²) < 4.78 is 31.1. The zero-order valence-corrected chi connectivity index (χ0v) is 11.2. The molecule has 4 N–H and O–H groups in total. The van der Waals surface area contributed by atoms with Gasteiger partial charge in [0.2, 0.25) is 10.0 Å². The number of carboxylic acids is 1. The van der Waals surface area contributed by atoms with Crippen LogP contribution in [0, 0.1) is 0 Å². The van der Waals surface area contributed by atoms with Crippen LogP contribution in [-0.2, 0) is 14.8 Å². The van der Waals surface area contributed by atoms with Crippen molar-refractivity contribution < 1.29 is 23.1 Å². The number of aromatic carboxylic acids is 1. The van der Waals surface area contributed by atoms with Crippen LogP contribution in [0.15, 0.2) is 23.1 Å². The molecule has 0 radical (unpaired) electrons. The summed E-state index contributed by atoms with van der Waals surface area (Å²) in [5, 5.41) is 8.98. The number of ether oxygens (including phenoxy) is 1. The lowest BCUT2D eigenvalue weighted by molar-refractivity contribution is 0.0692. The van der Waals surface area contributed by atoms with Gasteiger partial charge in [-0.25, -0.2) is 17.9 Å². The van der Waals surface area contributed by atoms with E-state index in [1.54, 1.807) is 0 Å². The highest BCUT2D eigenvalue weighted by molar-refractivity contribution is 7.89. The SMILES string of the molecule is COCCCNS(=O)(=O)c1cc(N)ccc1C(=O)O. The number of carboxylic acid groups (broad SMARTS) is 1. The van der Waals surface area contributed by atoms with E-state index in [0.29, 0.717) is 13.0 Å². The number of carbonyl (C=O) groups is 1. The van der Waals surface area contributed by atoms with Crippen LogP contribution in [-0.4, -0.2) is 39.8 Å². The minimum Gasteiger partial charge on any atom is -0.478 e. The largest absolute Gasteiger partial charge is 0.478 e. The van der Waals surface area contributed by atoms with Gasteiger partial charge in [-0.15, -0.1) is 0 Å². The highest BCUT2D eigenvalue weighted by Crippen LogP contribution is 2.19. The minimum absolute atomic E-state index is 0.157. The van der Waals surface area contributed by atoms with Crippen molar-refractivity contribution in [3.63, 3.8) is 0 Å². The average molecular weight is 288 g/mol. The molecule has 0 fully saturated rings. The van der Waals surface area contributed by atoms with Crippen molar-refractivity contribution >= 4 is 21.7 Å². The van der Waals surface area contributed by atoms with E-state index in [-0.39, 0.29) is 22.7 Å². The Bertz CT molecular complexity index is 556. The van der Waals surface area contributed by atoms with Gasteiger partial charge in [-0.1, -0.05) is 0 Å². The summed E-state index contributed by atoms with van der Waals surface area (Å²) in [6.07, 6.45) is 0.487. The van der Waals surface area contributed by atoms with Crippen LogP contribution < -0.4 is 10.5 Å². The van der Waals surface area contributed by atoms with Crippen LogP contribution in [0.1, 0.15) is 16.8 Å². The van der Waals surface area contributed by atoms with Gasteiger partial charge in [0.15, 0.2) is 0 Å². The Morgan fingerprint density at radius 2 is 2.16 bits per heavy atom. The van der Waals surface area contributed by atoms with Gasteiger partial charge in [0.25, 0.3) is 0 Å². The first-order valence-electron chi connectivity index (χ1n) is 5.50. The van der Waals surface area contributed by atoms with Crippen molar-refractivity contribution in [3.8, 4) is 0 Å². The Labute approximate surface area is 111 Å². The molecule has 1 rings (SSSR count). The van der Waals surface area contributed by atoms with E-state index in [0.717, 1.165) is 6.07 Å². The van der Waals surface area contributed by atoms with E-state index < -0.39 is 16.0 Å². The zero-order valence-electron chi connectivity index (χ0n) is 10.4. The molecule has 0 aliphatic carbocycles. The number of methoxy groups -OCH3 is 1. The number of sulfonamides is 1. The monoisotopic (exact) mass is 288 g/mol. The second-order valence-corrected chi connectivity index (χ2v) is 5.54. The van der Waals surface area contributed by atoms with E-state index >= 15 is 0 Å².